The summed E-state index contributed by atoms with van der Waals surface area (Å²) in [6.07, 6.45) is 3.93. The van der Waals surface area contributed by atoms with Gasteiger partial charge in [0.05, 0.1) is 17.8 Å². The molecule has 0 aliphatic carbocycles. The molecule has 0 unspecified atom stereocenters. The third kappa shape index (κ3) is 5.34. The van der Waals surface area contributed by atoms with Crippen molar-refractivity contribution in [2.24, 2.45) is 0 Å². The van der Waals surface area contributed by atoms with E-state index in [1.807, 2.05) is 61.2 Å². The number of carbonyl (C=O) groups excluding carboxylic acids is 2. The van der Waals surface area contributed by atoms with Crippen molar-refractivity contribution in [3.63, 3.8) is 0 Å². The number of nitrogens with one attached hydrogen (secondary N) is 1. The van der Waals surface area contributed by atoms with Crippen molar-refractivity contribution in [3.05, 3.63) is 54.2 Å². The Labute approximate surface area is 172 Å². The molecule has 1 aromatic carbocycles. The van der Waals surface area contributed by atoms with Gasteiger partial charge < -0.3 is 15.1 Å². The quantitative estimate of drug-likeness (QED) is 0.812. The third-order valence-electron chi connectivity index (χ3n) is 5.42. The molecule has 0 radical (unpaired) electrons. The molecule has 1 aliphatic rings. The van der Waals surface area contributed by atoms with Gasteiger partial charge in [-0.25, -0.2) is 4.98 Å². The maximum Gasteiger partial charge on any atom is 0.231 e. The Balaban J connectivity index is 1.61. The molecule has 1 aliphatic heterocycles. The predicted molar refractivity (Wildman–Crippen MR) is 116 cm³/mol. The molecule has 154 valence electrons. The zero-order valence-corrected chi connectivity index (χ0v) is 17.3. The van der Waals surface area contributed by atoms with E-state index in [1.165, 1.54) is 0 Å². The fourth-order valence-corrected chi connectivity index (χ4v) is 3.75. The first-order chi connectivity index (χ1) is 14.1. The Morgan fingerprint density at radius 1 is 1.03 bits per heavy atom. The molecule has 1 atom stereocenters. The fraction of sp³-hybridized carbons (Fsp3) is 0.435. The van der Waals surface area contributed by atoms with E-state index in [1.54, 1.807) is 6.20 Å². The number of anilines is 2. The van der Waals surface area contributed by atoms with Crippen LogP contribution in [0.4, 0.5) is 11.5 Å². The van der Waals surface area contributed by atoms with Crippen LogP contribution in [-0.2, 0) is 9.59 Å². The highest BCUT2D eigenvalue weighted by atomic mass is 16.2. The van der Waals surface area contributed by atoms with E-state index in [-0.39, 0.29) is 17.7 Å². The van der Waals surface area contributed by atoms with Crippen molar-refractivity contribution in [3.8, 4) is 0 Å². The first kappa shape index (κ1) is 20.8. The van der Waals surface area contributed by atoms with Gasteiger partial charge in [-0.05, 0) is 30.5 Å². The summed E-state index contributed by atoms with van der Waals surface area (Å²) < 4.78 is 0. The topological polar surface area (TPSA) is 65.5 Å². The summed E-state index contributed by atoms with van der Waals surface area (Å²) in [6.45, 7) is 7.09. The SMILES string of the molecule is CCC(=O)N1CCCN(c2ccc(NC(=O)[C@@H](CC)c3ccccc3)cn2)CC1. The van der Waals surface area contributed by atoms with E-state index in [4.69, 9.17) is 0 Å². The van der Waals surface area contributed by atoms with Gasteiger partial charge in [0.1, 0.15) is 5.82 Å². The van der Waals surface area contributed by atoms with Crippen LogP contribution in [0.5, 0.6) is 0 Å². The second-order valence-electron chi connectivity index (χ2n) is 7.34. The van der Waals surface area contributed by atoms with E-state index in [0.29, 0.717) is 12.1 Å². The minimum Gasteiger partial charge on any atom is -0.355 e. The Morgan fingerprint density at radius 3 is 2.48 bits per heavy atom. The molecular formula is C23H30N4O2. The van der Waals surface area contributed by atoms with Crippen LogP contribution < -0.4 is 10.2 Å². The average Bonchev–Trinajstić information content (AvgIpc) is 3.01. The van der Waals surface area contributed by atoms with Crippen molar-refractivity contribution in [1.82, 2.24) is 9.88 Å². The van der Waals surface area contributed by atoms with Gasteiger partial charge in [-0.15, -0.1) is 0 Å². The van der Waals surface area contributed by atoms with Gasteiger partial charge in [-0.2, -0.15) is 0 Å². The van der Waals surface area contributed by atoms with Gasteiger partial charge in [0.2, 0.25) is 11.8 Å². The highest BCUT2D eigenvalue weighted by Crippen LogP contribution is 2.22. The summed E-state index contributed by atoms with van der Waals surface area (Å²) in [5.41, 5.74) is 1.72. The number of nitrogens with zero attached hydrogens (tertiary/aromatic N) is 3. The van der Waals surface area contributed by atoms with Crippen molar-refractivity contribution in [2.45, 2.75) is 39.0 Å². The van der Waals surface area contributed by atoms with Crippen molar-refractivity contribution >= 4 is 23.3 Å². The molecule has 6 nitrogen and oxygen atoms in total. The fourth-order valence-electron chi connectivity index (χ4n) is 3.75. The lowest BCUT2D eigenvalue weighted by Gasteiger charge is -2.23. The summed E-state index contributed by atoms with van der Waals surface area (Å²) in [5, 5.41) is 2.99. The van der Waals surface area contributed by atoms with Crippen LogP contribution in [0.2, 0.25) is 0 Å². The molecule has 3 rings (SSSR count). The molecule has 1 saturated heterocycles. The average molecular weight is 395 g/mol. The van der Waals surface area contributed by atoms with Crippen molar-refractivity contribution < 1.29 is 9.59 Å². The number of hydrogen-bond donors (Lipinski definition) is 1. The Morgan fingerprint density at radius 2 is 1.83 bits per heavy atom. The molecule has 29 heavy (non-hydrogen) atoms. The smallest absolute Gasteiger partial charge is 0.231 e. The van der Waals surface area contributed by atoms with E-state index < -0.39 is 0 Å². The van der Waals surface area contributed by atoms with Crippen LogP contribution in [-0.4, -0.2) is 47.9 Å². The summed E-state index contributed by atoms with van der Waals surface area (Å²) >= 11 is 0. The molecule has 2 amide bonds. The second kappa shape index (κ2) is 10.0. The molecule has 1 fully saturated rings. The van der Waals surface area contributed by atoms with Crippen LogP contribution in [0, 0.1) is 0 Å². The largest absolute Gasteiger partial charge is 0.355 e. The zero-order chi connectivity index (χ0) is 20.6. The normalized spacial score (nSPS) is 15.5. The molecule has 1 aromatic heterocycles. The Hall–Kier alpha value is -2.89. The van der Waals surface area contributed by atoms with Gasteiger partial charge in [0.25, 0.3) is 0 Å². The third-order valence-corrected chi connectivity index (χ3v) is 5.42. The summed E-state index contributed by atoms with van der Waals surface area (Å²) in [7, 11) is 0. The summed E-state index contributed by atoms with van der Waals surface area (Å²) in [6, 6.07) is 13.7. The Kier molecular flexibility index (Phi) is 7.22. The van der Waals surface area contributed by atoms with E-state index in [9.17, 15) is 9.59 Å². The van der Waals surface area contributed by atoms with Gasteiger partial charge in [-0.3, -0.25) is 9.59 Å². The van der Waals surface area contributed by atoms with Crippen molar-refractivity contribution in [1.29, 1.82) is 0 Å². The molecule has 0 saturated carbocycles. The predicted octanol–water partition coefficient (Wildman–Crippen LogP) is 3.66. The number of carbonyl (C=O) groups is 2. The van der Waals surface area contributed by atoms with E-state index >= 15 is 0 Å². The van der Waals surface area contributed by atoms with Crippen molar-refractivity contribution in [2.75, 3.05) is 36.4 Å². The van der Waals surface area contributed by atoms with Gasteiger partial charge in [-0.1, -0.05) is 44.2 Å². The monoisotopic (exact) mass is 394 g/mol. The van der Waals surface area contributed by atoms with E-state index in [2.05, 4.69) is 15.2 Å². The van der Waals surface area contributed by atoms with Crippen LogP contribution >= 0.6 is 0 Å². The number of amides is 2. The lowest BCUT2D eigenvalue weighted by molar-refractivity contribution is -0.130. The zero-order valence-electron chi connectivity index (χ0n) is 17.3. The number of rotatable bonds is 6. The standard InChI is InChI=1S/C23H30N4O2/c1-3-20(18-9-6-5-7-10-18)23(29)25-19-11-12-21(24-17-19)26-13-8-14-27(16-15-26)22(28)4-2/h5-7,9-12,17,20H,3-4,8,13-16H2,1-2H3,(H,25,29)/t20-/m0/s1. The highest BCUT2D eigenvalue weighted by molar-refractivity contribution is 5.95. The van der Waals surface area contributed by atoms with Gasteiger partial charge in [0.15, 0.2) is 0 Å². The molecule has 0 bridgehead atoms. The molecule has 1 N–H and O–H groups in total. The minimum absolute atomic E-state index is 0.0169. The number of hydrogen-bond acceptors (Lipinski definition) is 4. The number of aromatic nitrogens is 1. The molecule has 2 heterocycles. The summed E-state index contributed by atoms with van der Waals surface area (Å²) in [5.74, 6) is 0.894. The second-order valence-corrected chi connectivity index (χ2v) is 7.34. The molecule has 0 spiro atoms. The van der Waals surface area contributed by atoms with Crippen LogP contribution in [0.1, 0.15) is 44.6 Å². The van der Waals surface area contributed by atoms with Crippen LogP contribution in [0.3, 0.4) is 0 Å². The van der Waals surface area contributed by atoms with Gasteiger partial charge >= 0.3 is 0 Å². The Bertz CT molecular complexity index is 807. The maximum atomic E-state index is 12.7. The van der Waals surface area contributed by atoms with Gasteiger partial charge in [0, 0.05) is 32.6 Å². The molecule has 6 heteroatoms. The van der Waals surface area contributed by atoms with E-state index in [0.717, 1.165) is 50.4 Å². The lowest BCUT2D eigenvalue weighted by Crippen LogP contribution is -2.34. The maximum absolute atomic E-state index is 12.7. The first-order valence-corrected chi connectivity index (χ1v) is 10.5. The first-order valence-electron chi connectivity index (χ1n) is 10.5. The molecule has 2 aromatic rings. The number of pyridine rings is 1. The lowest BCUT2D eigenvalue weighted by atomic mass is 9.95. The highest BCUT2D eigenvalue weighted by Gasteiger charge is 2.20. The summed E-state index contributed by atoms with van der Waals surface area (Å²) in [4.78, 5) is 33.3. The minimum atomic E-state index is -0.177. The molecular weight excluding hydrogens is 364 g/mol. The number of benzene rings is 1. The van der Waals surface area contributed by atoms with Crippen LogP contribution in [0.25, 0.3) is 0 Å². The van der Waals surface area contributed by atoms with Crippen LogP contribution in [0.15, 0.2) is 48.7 Å².